The van der Waals surface area contributed by atoms with Crippen LogP contribution in [0.5, 0.6) is 0 Å². The molecule has 0 bridgehead atoms. The molecule has 2 rings (SSSR count). The molecule has 0 heterocycles. The number of Topliss-reactive ketones (excluding diaryl/α,β-unsaturated/α-hetero) is 1. The van der Waals surface area contributed by atoms with Gasteiger partial charge in [-0.1, -0.05) is 60.7 Å². The van der Waals surface area contributed by atoms with Gasteiger partial charge >= 0.3 is 0 Å². The summed E-state index contributed by atoms with van der Waals surface area (Å²) in [6.07, 6.45) is 1.44. The van der Waals surface area contributed by atoms with Gasteiger partial charge < -0.3 is 4.79 Å². The Hall–Kier alpha value is -2.22. The lowest BCUT2D eigenvalue weighted by atomic mass is 10.2. The van der Waals surface area contributed by atoms with Crippen molar-refractivity contribution in [2.75, 3.05) is 0 Å². The van der Waals surface area contributed by atoms with E-state index in [4.69, 9.17) is 0 Å². The van der Waals surface area contributed by atoms with E-state index in [0.717, 1.165) is 17.4 Å². The lowest BCUT2D eigenvalue weighted by Crippen LogP contribution is -1.88. The second kappa shape index (κ2) is 7.96. The lowest BCUT2D eigenvalue weighted by Gasteiger charge is -1.89. The molecule has 2 heteroatoms. The second-order valence-electron chi connectivity index (χ2n) is 3.78. The van der Waals surface area contributed by atoms with Crippen molar-refractivity contribution in [3.63, 3.8) is 0 Å². The molecule has 0 saturated carbocycles. The lowest BCUT2D eigenvalue weighted by molar-refractivity contribution is -0.107. The number of carbonyl (C=O) groups is 2. The average Bonchev–Trinajstić information content (AvgIpc) is 2.42. The summed E-state index contributed by atoms with van der Waals surface area (Å²) in [5.41, 5.74) is 1.85. The quantitative estimate of drug-likeness (QED) is 0.609. The maximum absolute atomic E-state index is 10.6. The predicted octanol–water partition coefficient (Wildman–Crippen LogP) is 3.32. The maximum Gasteiger partial charge on any atom is 0.159 e. The zero-order chi connectivity index (χ0) is 13.2. The molecule has 0 aromatic heterocycles. The molecule has 18 heavy (non-hydrogen) atoms. The van der Waals surface area contributed by atoms with Gasteiger partial charge in [0.05, 0.1) is 0 Å². The van der Waals surface area contributed by atoms with Gasteiger partial charge in [0.1, 0.15) is 6.29 Å². The highest BCUT2D eigenvalue weighted by Gasteiger charge is 1.92. The van der Waals surface area contributed by atoms with Crippen LogP contribution in [0.1, 0.15) is 22.8 Å². The molecule has 2 nitrogen and oxygen atoms in total. The normalized spacial score (nSPS) is 8.94. The molecule has 0 amide bonds. The molecule has 0 unspecified atom stereocenters. The summed E-state index contributed by atoms with van der Waals surface area (Å²) in [4.78, 5) is 20.6. The van der Waals surface area contributed by atoms with Gasteiger partial charge in [0.2, 0.25) is 0 Å². The van der Waals surface area contributed by atoms with Gasteiger partial charge in [-0.3, -0.25) is 4.79 Å². The fraction of sp³-hybridized carbons (Fsp3) is 0.125. The first-order valence-corrected chi connectivity index (χ1v) is 5.77. The van der Waals surface area contributed by atoms with Crippen LogP contribution in [0, 0.1) is 0 Å². The third-order valence-electron chi connectivity index (χ3n) is 2.34. The van der Waals surface area contributed by atoms with Crippen LogP contribution in [0.4, 0.5) is 0 Å². The van der Waals surface area contributed by atoms with Crippen molar-refractivity contribution >= 4 is 12.1 Å². The highest BCUT2D eigenvalue weighted by molar-refractivity contribution is 5.93. The molecule has 0 aliphatic rings. The van der Waals surface area contributed by atoms with Crippen molar-refractivity contribution in [3.05, 3.63) is 71.8 Å². The molecule has 92 valence electrons. The number of hydrogen-bond donors (Lipinski definition) is 0. The average molecular weight is 240 g/mol. The number of ketones is 1. The summed E-state index contributed by atoms with van der Waals surface area (Å²) in [5, 5.41) is 0. The highest BCUT2D eigenvalue weighted by Crippen LogP contribution is 1.97. The van der Waals surface area contributed by atoms with E-state index in [0.29, 0.717) is 6.42 Å². The van der Waals surface area contributed by atoms with Crippen molar-refractivity contribution in [1.29, 1.82) is 0 Å². The molecule has 0 N–H and O–H groups in total. The zero-order valence-electron chi connectivity index (χ0n) is 10.4. The van der Waals surface area contributed by atoms with E-state index in [2.05, 4.69) is 0 Å². The Morgan fingerprint density at radius 3 is 1.83 bits per heavy atom. The Kier molecular flexibility index (Phi) is 6.12. The number of carbonyl (C=O) groups excluding carboxylic acids is 2. The van der Waals surface area contributed by atoms with E-state index in [-0.39, 0.29) is 5.78 Å². The molecule has 2 aromatic carbocycles. The summed E-state index contributed by atoms with van der Waals surface area (Å²) in [5.74, 6) is 0.121. The fourth-order valence-corrected chi connectivity index (χ4v) is 1.38. The van der Waals surface area contributed by atoms with Crippen LogP contribution < -0.4 is 0 Å². The van der Waals surface area contributed by atoms with Gasteiger partial charge in [-0.05, 0) is 12.5 Å². The smallest absolute Gasteiger partial charge is 0.159 e. The summed E-state index contributed by atoms with van der Waals surface area (Å²) in [6, 6.07) is 18.9. The Bertz CT molecular complexity index is 475. The van der Waals surface area contributed by atoms with Crippen LogP contribution in [-0.4, -0.2) is 12.1 Å². The van der Waals surface area contributed by atoms with E-state index in [1.54, 1.807) is 6.92 Å². The summed E-state index contributed by atoms with van der Waals surface area (Å²) < 4.78 is 0. The Balaban J connectivity index is 0.000000180. The third-order valence-corrected chi connectivity index (χ3v) is 2.34. The minimum absolute atomic E-state index is 0.121. The SMILES string of the molecule is CC(=O)c1ccccc1.O=CCc1ccccc1. The van der Waals surface area contributed by atoms with Gasteiger partial charge in [-0.2, -0.15) is 0 Å². The summed E-state index contributed by atoms with van der Waals surface area (Å²) in [7, 11) is 0. The van der Waals surface area contributed by atoms with E-state index in [1.807, 2.05) is 60.7 Å². The zero-order valence-corrected chi connectivity index (χ0v) is 10.4. The van der Waals surface area contributed by atoms with Crippen molar-refractivity contribution in [2.45, 2.75) is 13.3 Å². The molecule has 0 aliphatic carbocycles. The molecule has 0 saturated heterocycles. The molecular formula is C16H16O2. The monoisotopic (exact) mass is 240 g/mol. The van der Waals surface area contributed by atoms with Gasteiger partial charge in [0.15, 0.2) is 5.78 Å². The second-order valence-corrected chi connectivity index (χ2v) is 3.78. The number of hydrogen-bond acceptors (Lipinski definition) is 2. The summed E-state index contributed by atoms with van der Waals surface area (Å²) >= 11 is 0. The Morgan fingerprint density at radius 1 is 0.944 bits per heavy atom. The topological polar surface area (TPSA) is 34.1 Å². The third kappa shape index (κ3) is 5.21. The van der Waals surface area contributed by atoms with Crippen molar-refractivity contribution in [1.82, 2.24) is 0 Å². The van der Waals surface area contributed by atoms with Crippen LogP contribution >= 0.6 is 0 Å². The standard InChI is InChI=1S/2C8H8O/c1-7(9)8-5-3-2-4-6-8;9-7-6-8-4-2-1-3-5-8/h2-6H,1H3;1-5,7H,6H2. The first-order chi connectivity index (χ1) is 8.74. The van der Waals surface area contributed by atoms with Crippen LogP contribution in [0.25, 0.3) is 0 Å². The summed E-state index contributed by atoms with van der Waals surface area (Å²) in [6.45, 7) is 1.56. The molecule has 0 radical (unpaired) electrons. The predicted molar refractivity (Wildman–Crippen MR) is 72.7 cm³/mol. The molecule has 0 aliphatic heterocycles. The Morgan fingerprint density at radius 2 is 1.44 bits per heavy atom. The van der Waals surface area contributed by atoms with E-state index in [1.165, 1.54) is 0 Å². The van der Waals surface area contributed by atoms with Crippen LogP contribution in [-0.2, 0) is 11.2 Å². The Labute approximate surface area is 107 Å². The van der Waals surface area contributed by atoms with Crippen LogP contribution in [0.15, 0.2) is 60.7 Å². The minimum atomic E-state index is 0.121. The highest BCUT2D eigenvalue weighted by atomic mass is 16.1. The largest absolute Gasteiger partial charge is 0.303 e. The van der Waals surface area contributed by atoms with E-state index in [9.17, 15) is 9.59 Å². The fourth-order valence-electron chi connectivity index (χ4n) is 1.38. The number of rotatable bonds is 3. The van der Waals surface area contributed by atoms with Crippen LogP contribution in [0.3, 0.4) is 0 Å². The molecule has 0 fully saturated rings. The molecule has 2 aromatic rings. The first kappa shape index (κ1) is 13.8. The first-order valence-electron chi connectivity index (χ1n) is 5.77. The van der Waals surface area contributed by atoms with Gasteiger partial charge in [-0.15, -0.1) is 0 Å². The molecule has 0 atom stereocenters. The van der Waals surface area contributed by atoms with Crippen molar-refractivity contribution in [3.8, 4) is 0 Å². The van der Waals surface area contributed by atoms with Crippen molar-refractivity contribution in [2.24, 2.45) is 0 Å². The molecule has 0 spiro atoms. The number of benzene rings is 2. The maximum atomic E-state index is 10.6. The van der Waals surface area contributed by atoms with Crippen LogP contribution in [0.2, 0.25) is 0 Å². The molecular weight excluding hydrogens is 224 g/mol. The van der Waals surface area contributed by atoms with E-state index >= 15 is 0 Å². The minimum Gasteiger partial charge on any atom is -0.303 e. The van der Waals surface area contributed by atoms with Gasteiger partial charge in [0, 0.05) is 12.0 Å². The van der Waals surface area contributed by atoms with Gasteiger partial charge in [0.25, 0.3) is 0 Å². The number of aldehydes is 1. The van der Waals surface area contributed by atoms with Gasteiger partial charge in [-0.25, -0.2) is 0 Å². The van der Waals surface area contributed by atoms with Crippen molar-refractivity contribution < 1.29 is 9.59 Å². The van der Waals surface area contributed by atoms with E-state index < -0.39 is 0 Å².